The van der Waals surface area contributed by atoms with Crippen LogP contribution >= 0.6 is 0 Å². The third-order valence-corrected chi connectivity index (χ3v) is 6.61. The number of rotatable bonds is 8. The molecule has 0 atom stereocenters. The molecule has 2 amide bonds. The third-order valence-electron chi connectivity index (χ3n) is 6.61. The topological polar surface area (TPSA) is 54.8 Å². The Morgan fingerprint density at radius 3 is 2.23 bits per heavy atom. The average molecular weight is 424 g/mol. The Hall–Kier alpha value is -2.76. The van der Waals surface area contributed by atoms with Crippen LogP contribution in [-0.4, -0.2) is 51.9 Å². The number of ether oxygens (including phenoxy) is 1. The zero-order chi connectivity index (χ0) is 21.8. The number of carbonyl (C=O) groups is 2. The van der Waals surface area contributed by atoms with Crippen molar-refractivity contribution in [3.63, 3.8) is 0 Å². The summed E-state index contributed by atoms with van der Waals surface area (Å²) in [6.45, 7) is 0.749. The summed E-state index contributed by atoms with van der Waals surface area (Å²) in [7, 11) is 3.62. The minimum Gasteiger partial charge on any atom is -0.497 e. The Labute approximate surface area is 184 Å². The van der Waals surface area contributed by atoms with Gasteiger partial charge in [-0.15, -0.1) is 0 Å². The fraction of sp³-hybridized carbons (Fsp3) is 0.520. The highest BCUT2D eigenvalue weighted by molar-refractivity contribution is 5.97. The van der Waals surface area contributed by atoms with Crippen molar-refractivity contribution in [2.24, 2.45) is 7.05 Å². The van der Waals surface area contributed by atoms with Crippen molar-refractivity contribution in [3.05, 3.63) is 53.9 Å². The van der Waals surface area contributed by atoms with Crippen molar-refractivity contribution < 1.29 is 14.3 Å². The Morgan fingerprint density at radius 1 is 0.968 bits per heavy atom. The predicted octanol–water partition coefficient (Wildman–Crippen LogP) is 4.00. The van der Waals surface area contributed by atoms with E-state index in [2.05, 4.69) is 10.6 Å². The largest absolute Gasteiger partial charge is 0.497 e. The van der Waals surface area contributed by atoms with Crippen molar-refractivity contribution in [1.82, 2.24) is 14.4 Å². The molecule has 0 N–H and O–H groups in total. The zero-order valence-corrected chi connectivity index (χ0v) is 18.6. The predicted molar refractivity (Wildman–Crippen MR) is 120 cm³/mol. The van der Waals surface area contributed by atoms with Gasteiger partial charge in [-0.3, -0.25) is 9.59 Å². The van der Waals surface area contributed by atoms with Gasteiger partial charge in [-0.05, 0) is 62.1 Å². The van der Waals surface area contributed by atoms with Crippen molar-refractivity contribution in [2.75, 3.05) is 13.7 Å². The van der Waals surface area contributed by atoms with Crippen molar-refractivity contribution in [2.45, 2.75) is 63.6 Å². The van der Waals surface area contributed by atoms with E-state index in [-0.39, 0.29) is 24.4 Å². The second kappa shape index (κ2) is 9.58. The van der Waals surface area contributed by atoms with Gasteiger partial charge in [0.05, 0.1) is 13.7 Å². The van der Waals surface area contributed by atoms with E-state index in [1.165, 1.54) is 6.42 Å². The van der Waals surface area contributed by atoms with Gasteiger partial charge >= 0.3 is 0 Å². The van der Waals surface area contributed by atoms with E-state index < -0.39 is 0 Å². The van der Waals surface area contributed by atoms with Gasteiger partial charge < -0.3 is 19.1 Å². The zero-order valence-electron chi connectivity index (χ0n) is 18.6. The van der Waals surface area contributed by atoms with E-state index in [1.54, 1.807) is 31.4 Å². The van der Waals surface area contributed by atoms with Gasteiger partial charge in [0.15, 0.2) is 0 Å². The first-order chi connectivity index (χ1) is 15.1. The van der Waals surface area contributed by atoms with Gasteiger partial charge in [0.1, 0.15) is 12.3 Å². The van der Waals surface area contributed by atoms with Crippen molar-refractivity contribution in [1.29, 1.82) is 0 Å². The van der Waals surface area contributed by atoms with Gasteiger partial charge in [0.25, 0.3) is 5.91 Å². The van der Waals surface area contributed by atoms with Gasteiger partial charge in [0.2, 0.25) is 5.91 Å². The molecule has 0 aliphatic heterocycles. The molecule has 31 heavy (non-hydrogen) atoms. The number of nitrogens with zero attached hydrogens (tertiary/aromatic N) is 3. The maximum absolute atomic E-state index is 13.5. The second-order valence-corrected chi connectivity index (χ2v) is 8.82. The Kier molecular flexibility index (Phi) is 6.64. The smallest absolute Gasteiger partial charge is 0.254 e. The fourth-order valence-electron chi connectivity index (χ4n) is 4.54. The highest BCUT2D eigenvalue weighted by Gasteiger charge is 2.36. The molecule has 2 saturated carbocycles. The molecule has 6 nitrogen and oxygen atoms in total. The SMILES string of the molecule is COc1ccc(C(=O)N(CC(=O)N(Cc2cccn2C)C2CC2)C2CCCCC2)cc1. The van der Waals surface area contributed by atoms with Crippen LogP contribution in [0.2, 0.25) is 0 Å². The van der Waals surface area contributed by atoms with E-state index in [1.807, 2.05) is 29.1 Å². The summed E-state index contributed by atoms with van der Waals surface area (Å²) in [6, 6.07) is 11.7. The summed E-state index contributed by atoms with van der Waals surface area (Å²) in [6.07, 6.45) is 9.47. The summed E-state index contributed by atoms with van der Waals surface area (Å²) in [5.41, 5.74) is 1.73. The number of aryl methyl sites for hydroxylation is 1. The summed E-state index contributed by atoms with van der Waals surface area (Å²) in [5, 5.41) is 0. The summed E-state index contributed by atoms with van der Waals surface area (Å²) in [5.74, 6) is 0.716. The van der Waals surface area contributed by atoms with Gasteiger partial charge in [-0.25, -0.2) is 0 Å². The summed E-state index contributed by atoms with van der Waals surface area (Å²) >= 11 is 0. The monoisotopic (exact) mass is 423 g/mol. The van der Waals surface area contributed by atoms with Crippen LogP contribution in [0.15, 0.2) is 42.6 Å². The lowest BCUT2D eigenvalue weighted by molar-refractivity contribution is -0.133. The molecule has 166 valence electrons. The van der Waals surface area contributed by atoms with Crippen LogP contribution in [0.5, 0.6) is 5.75 Å². The molecule has 2 aliphatic carbocycles. The van der Waals surface area contributed by atoms with E-state index in [9.17, 15) is 9.59 Å². The molecule has 2 fully saturated rings. The van der Waals surface area contributed by atoms with Crippen LogP contribution < -0.4 is 4.74 Å². The molecular weight excluding hydrogens is 390 g/mol. The Morgan fingerprint density at radius 2 is 1.65 bits per heavy atom. The summed E-state index contributed by atoms with van der Waals surface area (Å²) < 4.78 is 7.29. The van der Waals surface area contributed by atoms with Crippen LogP contribution in [-0.2, 0) is 18.4 Å². The van der Waals surface area contributed by atoms with E-state index >= 15 is 0 Å². The molecule has 6 heteroatoms. The van der Waals surface area contributed by atoms with Gasteiger partial charge in [0, 0.05) is 36.6 Å². The molecule has 2 aliphatic rings. The first-order valence-corrected chi connectivity index (χ1v) is 11.4. The van der Waals surface area contributed by atoms with Crippen LogP contribution in [0.1, 0.15) is 61.0 Å². The minimum absolute atomic E-state index is 0.0520. The first-order valence-electron chi connectivity index (χ1n) is 11.4. The second-order valence-electron chi connectivity index (χ2n) is 8.82. The molecule has 0 bridgehead atoms. The average Bonchev–Trinajstić information content (AvgIpc) is 3.57. The van der Waals surface area contributed by atoms with Gasteiger partial charge in [-0.1, -0.05) is 19.3 Å². The minimum atomic E-state index is -0.0579. The third kappa shape index (κ3) is 5.12. The lowest BCUT2D eigenvalue weighted by Crippen LogP contribution is -2.48. The number of aromatic nitrogens is 1. The fourth-order valence-corrected chi connectivity index (χ4v) is 4.54. The molecule has 2 aromatic rings. The van der Waals surface area contributed by atoms with Crippen LogP contribution in [0.25, 0.3) is 0 Å². The molecule has 1 aromatic carbocycles. The highest BCUT2D eigenvalue weighted by Crippen LogP contribution is 2.30. The molecule has 1 heterocycles. The molecule has 0 spiro atoms. The Bertz CT molecular complexity index is 895. The van der Waals surface area contributed by atoms with Gasteiger partial charge in [-0.2, -0.15) is 0 Å². The van der Waals surface area contributed by atoms with E-state index in [0.29, 0.717) is 18.2 Å². The molecule has 0 radical (unpaired) electrons. The number of carbonyl (C=O) groups excluding carboxylic acids is 2. The van der Waals surface area contributed by atoms with Crippen molar-refractivity contribution >= 4 is 11.8 Å². The number of benzene rings is 1. The quantitative estimate of drug-likeness (QED) is 0.645. The van der Waals surface area contributed by atoms with E-state index in [4.69, 9.17) is 4.74 Å². The summed E-state index contributed by atoms with van der Waals surface area (Å²) in [4.78, 5) is 30.7. The van der Waals surface area contributed by atoms with Crippen LogP contribution in [0.3, 0.4) is 0 Å². The molecule has 4 rings (SSSR count). The van der Waals surface area contributed by atoms with Crippen LogP contribution in [0.4, 0.5) is 0 Å². The molecular formula is C25H33N3O3. The maximum atomic E-state index is 13.5. The van der Waals surface area contributed by atoms with Crippen LogP contribution in [0, 0.1) is 0 Å². The molecule has 1 aromatic heterocycles. The lowest BCUT2D eigenvalue weighted by atomic mass is 9.93. The Balaban J connectivity index is 1.53. The molecule has 0 saturated heterocycles. The number of hydrogen-bond acceptors (Lipinski definition) is 3. The highest BCUT2D eigenvalue weighted by atomic mass is 16.5. The number of hydrogen-bond donors (Lipinski definition) is 0. The lowest BCUT2D eigenvalue weighted by Gasteiger charge is -2.35. The van der Waals surface area contributed by atoms with E-state index in [0.717, 1.165) is 50.0 Å². The standard InChI is InChI=1S/C25H33N3O3/c1-26-16-6-9-22(26)17-27(21-12-13-21)24(29)18-28(20-7-4-3-5-8-20)25(30)19-10-14-23(31-2)15-11-19/h6,9-11,14-16,20-21H,3-5,7-8,12-13,17-18H2,1-2H3. The number of methoxy groups -OCH3 is 1. The normalized spacial score (nSPS) is 16.7. The van der Waals surface area contributed by atoms with Crippen molar-refractivity contribution in [3.8, 4) is 5.75 Å². The first kappa shape index (κ1) is 21.5. The number of amides is 2. The molecule has 0 unspecified atom stereocenters. The maximum Gasteiger partial charge on any atom is 0.254 e.